The summed E-state index contributed by atoms with van der Waals surface area (Å²) in [5, 5.41) is 17.6. The van der Waals surface area contributed by atoms with Crippen molar-refractivity contribution in [1.82, 2.24) is 15.1 Å². The van der Waals surface area contributed by atoms with E-state index in [-0.39, 0.29) is 11.9 Å². The smallest absolute Gasteiger partial charge is 0.269 e. The Bertz CT molecular complexity index is 482. The SMILES string of the molecule is CCn1nc(C(C)C)cc1C(=O)NC1CCCCCC1O. The number of carbonyl (C=O) groups excluding carboxylic acids is 1. The lowest BCUT2D eigenvalue weighted by Crippen LogP contribution is -2.43. The molecule has 118 valence electrons. The first-order valence-electron chi connectivity index (χ1n) is 8.09. The molecule has 0 aromatic carbocycles. The van der Waals surface area contributed by atoms with Gasteiger partial charge in [-0.15, -0.1) is 0 Å². The zero-order valence-electron chi connectivity index (χ0n) is 13.3. The van der Waals surface area contributed by atoms with E-state index in [0.29, 0.717) is 18.2 Å². The van der Waals surface area contributed by atoms with E-state index >= 15 is 0 Å². The number of nitrogens with zero attached hydrogens (tertiary/aromatic N) is 2. The first-order valence-corrected chi connectivity index (χ1v) is 8.09. The van der Waals surface area contributed by atoms with Gasteiger partial charge < -0.3 is 10.4 Å². The van der Waals surface area contributed by atoms with Gasteiger partial charge in [-0.25, -0.2) is 0 Å². The van der Waals surface area contributed by atoms with Crippen molar-refractivity contribution < 1.29 is 9.90 Å². The minimum Gasteiger partial charge on any atom is -0.391 e. The van der Waals surface area contributed by atoms with Gasteiger partial charge in [0.25, 0.3) is 5.91 Å². The topological polar surface area (TPSA) is 67.2 Å². The lowest BCUT2D eigenvalue weighted by Gasteiger charge is -2.21. The molecule has 2 N–H and O–H groups in total. The summed E-state index contributed by atoms with van der Waals surface area (Å²) in [5.74, 6) is 0.176. The first kappa shape index (κ1) is 16.0. The first-order chi connectivity index (χ1) is 10.0. The van der Waals surface area contributed by atoms with Crippen molar-refractivity contribution >= 4 is 5.91 Å². The van der Waals surface area contributed by atoms with Crippen LogP contribution in [0.4, 0.5) is 0 Å². The van der Waals surface area contributed by atoms with Crippen LogP contribution in [-0.2, 0) is 6.54 Å². The van der Waals surface area contributed by atoms with Crippen molar-refractivity contribution in [2.75, 3.05) is 0 Å². The lowest BCUT2D eigenvalue weighted by molar-refractivity contribution is 0.0809. The van der Waals surface area contributed by atoms with Gasteiger partial charge in [-0.05, 0) is 31.7 Å². The minimum atomic E-state index is -0.431. The number of carbonyl (C=O) groups is 1. The number of hydrogen-bond acceptors (Lipinski definition) is 3. The van der Waals surface area contributed by atoms with Gasteiger partial charge in [0.05, 0.1) is 17.8 Å². The van der Waals surface area contributed by atoms with E-state index in [4.69, 9.17) is 0 Å². The molecule has 0 aliphatic heterocycles. The highest BCUT2D eigenvalue weighted by molar-refractivity contribution is 5.93. The lowest BCUT2D eigenvalue weighted by atomic mass is 10.1. The number of nitrogens with one attached hydrogen (secondary N) is 1. The maximum absolute atomic E-state index is 12.5. The fourth-order valence-electron chi connectivity index (χ4n) is 2.84. The highest BCUT2D eigenvalue weighted by Gasteiger charge is 2.25. The zero-order chi connectivity index (χ0) is 15.4. The van der Waals surface area contributed by atoms with Crippen LogP contribution < -0.4 is 5.32 Å². The van der Waals surface area contributed by atoms with Crippen LogP contribution in [0.5, 0.6) is 0 Å². The highest BCUT2D eigenvalue weighted by atomic mass is 16.3. The number of hydrogen-bond donors (Lipinski definition) is 2. The van der Waals surface area contributed by atoms with Crippen molar-refractivity contribution in [3.8, 4) is 0 Å². The van der Waals surface area contributed by atoms with E-state index in [0.717, 1.165) is 37.8 Å². The monoisotopic (exact) mass is 293 g/mol. The average Bonchev–Trinajstić information content (AvgIpc) is 2.80. The zero-order valence-corrected chi connectivity index (χ0v) is 13.3. The molecule has 1 aromatic rings. The molecule has 2 rings (SSSR count). The molecular weight excluding hydrogens is 266 g/mol. The predicted octanol–water partition coefficient (Wildman–Crippen LogP) is 2.45. The van der Waals surface area contributed by atoms with Crippen molar-refractivity contribution in [3.63, 3.8) is 0 Å². The second kappa shape index (κ2) is 7.07. The molecule has 21 heavy (non-hydrogen) atoms. The van der Waals surface area contributed by atoms with E-state index in [1.807, 2.05) is 13.0 Å². The summed E-state index contributed by atoms with van der Waals surface area (Å²) in [6, 6.07) is 1.73. The normalized spacial score (nSPS) is 23.1. The summed E-state index contributed by atoms with van der Waals surface area (Å²) < 4.78 is 1.74. The number of aryl methyl sites for hydroxylation is 1. The third-order valence-corrected chi connectivity index (χ3v) is 4.22. The molecule has 0 bridgehead atoms. The number of amides is 1. The van der Waals surface area contributed by atoms with Crippen LogP contribution in [0, 0.1) is 0 Å². The summed E-state index contributed by atoms with van der Waals surface area (Å²) in [4.78, 5) is 12.5. The van der Waals surface area contributed by atoms with Crippen LogP contribution in [0.2, 0.25) is 0 Å². The molecule has 5 heteroatoms. The van der Waals surface area contributed by atoms with Crippen molar-refractivity contribution in [1.29, 1.82) is 0 Å². The molecule has 1 aliphatic carbocycles. The maximum atomic E-state index is 12.5. The van der Waals surface area contributed by atoms with Gasteiger partial charge in [-0.1, -0.05) is 33.1 Å². The Hall–Kier alpha value is -1.36. The van der Waals surface area contributed by atoms with E-state index in [9.17, 15) is 9.90 Å². The van der Waals surface area contributed by atoms with Crippen molar-refractivity contribution in [2.24, 2.45) is 0 Å². The quantitative estimate of drug-likeness (QED) is 0.838. The molecule has 0 radical (unpaired) electrons. The third-order valence-electron chi connectivity index (χ3n) is 4.22. The second-order valence-corrected chi connectivity index (χ2v) is 6.21. The molecule has 2 atom stereocenters. The van der Waals surface area contributed by atoms with Gasteiger partial charge in [0.2, 0.25) is 0 Å². The summed E-state index contributed by atoms with van der Waals surface area (Å²) >= 11 is 0. The van der Waals surface area contributed by atoms with Crippen molar-refractivity contribution in [3.05, 3.63) is 17.5 Å². The molecule has 1 fully saturated rings. The molecule has 1 amide bonds. The molecule has 1 saturated carbocycles. The van der Waals surface area contributed by atoms with Gasteiger partial charge in [-0.2, -0.15) is 5.10 Å². The van der Waals surface area contributed by atoms with E-state index in [1.165, 1.54) is 0 Å². The van der Waals surface area contributed by atoms with E-state index in [2.05, 4.69) is 24.3 Å². The van der Waals surface area contributed by atoms with Crippen molar-refractivity contribution in [2.45, 2.75) is 77.5 Å². The highest BCUT2D eigenvalue weighted by Crippen LogP contribution is 2.19. The van der Waals surface area contributed by atoms with Gasteiger partial charge >= 0.3 is 0 Å². The van der Waals surface area contributed by atoms with Gasteiger partial charge in [0.1, 0.15) is 5.69 Å². The fraction of sp³-hybridized carbons (Fsp3) is 0.750. The molecule has 0 spiro atoms. The molecule has 0 saturated heterocycles. The van der Waals surface area contributed by atoms with Crippen LogP contribution in [0.1, 0.15) is 75.0 Å². The molecular formula is C16H27N3O2. The van der Waals surface area contributed by atoms with E-state index < -0.39 is 6.10 Å². The molecule has 1 heterocycles. The Balaban J connectivity index is 2.12. The Labute approximate surface area is 126 Å². The largest absolute Gasteiger partial charge is 0.391 e. The summed E-state index contributed by atoms with van der Waals surface area (Å²) in [6.45, 7) is 6.79. The summed E-state index contributed by atoms with van der Waals surface area (Å²) in [5.41, 5.74) is 1.53. The number of aliphatic hydroxyl groups is 1. The third kappa shape index (κ3) is 3.84. The molecule has 5 nitrogen and oxygen atoms in total. The predicted molar refractivity (Wildman–Crippen MR) is 82.3 cm³/mol. The second-order valence-electron chi connectivity index (χ2n) is 6.21. The van der Waals surface area contributed by atoms with Gasteiger partial charge in [-0.3, -0.25) is 9.48 Å². The Morgan fingerprint density at radius 3 is 2.81 bits per heavy atom. The molecule has 1 aliphatic rings. The van der Waals surface area contributed by atoms with Crippen LogP contribution >= 0.6 is 0 Å². The molecule has 1 aromatic heterocycles. The summed E-state index contributed by atoms with van der Waals surface area (Å²) in [6.07, 6.45) is 4.43. The standard InChI is InChI=1S/C16H27N3O2/c1-4-19-14(10-13(18-19)11(2)3)16(21)17-12-8-6-5-7-9-15(12)20/h10-12,15,20H,4-9H2,1-3H3,(H,17,21). The maximum Gasteiger partial charge on any atom is 0.269 e. The number of aromatic nitrogens is 2. The average molecular weight is 293 g/mol. The van der Waals surface area contributed by atoms with Crippen LogP contribution in [0.15, 0.2) is 6.07 Å². The van der Waals surface area contributed by atoms with Crippen LogP contribution in [0.3, 0.4) is 0 Å². The summed E-state index contributed by atoms with van der Waals surface area (Å²) in [7, 11) is 0. The minimum absolute atomic E-state index is 0.123. The van der Waals surface area contributed by atoms with E-state index in [1.54, 1.807) is 4.68 Å². The number of aliphatic hydroxyl groups excluding tert-OH is 1. The van der Waals surface area contributed by atoms with Gasteiger partial charge in [0, 0.05) is 6.54 Å². The number of rotatable bonds is 4. The molecule has 2 unspecified atom stereocenters. The van der Waals surface area contributed by atoms with Gasteiger partial charge in [0.15, 0.2) is 0 Å². The van der Waals surface area contributed by atoms with Crippen LogP contribution in [0.25, 0.3) is 0 Å². The Morgan fingerprint density at radius 2 is 2.14 bits per heavy atom. The Morgan fingerprint density at radius 1 is 1.43 bits per heavy atom. The van der Waals surface area contributed by atoms with Crippen LogP contribution in [-0.4, -0.2) is 32.9 Å². The fourth-order valence-corrected chi connectivity index (χ4v) is 2.84. The Kier molecular flexibility index (Phi) is 5.39.